The van der Waals surface area contributed by atoms with E-state index in [1.165, 1.54) is 0 Å². The quantitative estimate of drug-likeness (QED) is 0.339. The molecule has 1 saturated heterocycles. The number of nitrogens with one attached hydrogen (secondary N) is 1. The van der Waals surface area contributed by atoms with Crippen LogP contribution in [0.1, 0.15) is 41.0 Å². The van der Waals surface area contributed by atoms with E-state index in [-0.39, 0.29) is 36.6 Å². The molecule has 1 amide bonds. The normalized spacial score (nSPS) is 26.6. The number of phosphoric acid groups is 1. The van der Waals surface area contributed by atoms with Crippen LogP contribution in [0.3, 0.4) is 0 Å². The molecule has 130 valence electrons. The summed E-state index contributed by atoms with van der Waals surface area (Å²) in [6.07, 6.45) is 0.463. The number of hydrogen-bond donors (Lipinski definition) is 2. The molecule has 0 radical (unpaired) electrons. The Morgan fingerprint density at radius 1 is 1.55 bits per heavy atom. The van der Waals surface area contributed by atoms with Crippen LogP contribution < -0.4 is 5.32 Å². The maximum Gasteiger partial charge on any atom is 0.472 e. The fraction of sp³-hybridized carbons (Fsp3) is 0.846. The average Bonchev–Trinajstić information content (AvgIpc) is 2.35. The van der Waals surface area contributed by atoms with Crippen molar-refractivity contribution in [2.75, 3.05) is 13.2 Å². The van der Waals surface area contributed by atoms with E-state index in [1.54, 1.807) is 20.8 Å². The highest BCUT2D eigenvalue weighted by molar-refractivity contribution is 7.47. The van der Waals surface area contributed by atoms with Crippen molar-refractivity contribution in [3.63, 3.8) is 0 Å². The largest absolute Gasteiger partial charge is 0.472 e. The Balaban J connectivity index is 0.000000401. The lowest BCUT2D eigenvalue weighted by atomic mass is 9.89. The predicted molar refractivity (Wildman–Crippen MR) is 80.0 cm³/mol. The molecule has 1 aliphatic heterocycles. The van der Waals surface area contributed by atoms with Gasteiger partial charge < -0.3 is 14.9 Å². The smallest absolute Gasteiger partial charge is 0.463 e. The van der Waals surface area contributed by atoms with Gasteiger partial charge in [0.2, 0.25) is 6.41 Å². The van der Waals surface area contributed by atoms with Gasteiger partial charge in [0.15, 0.2) is 0 Å². The molecule has 0 aromatic heterocycles. The van der Waals surface area contributed by atoms with Crippen LogP contribution in [0.5, 0.6) is 0 Å². The van der Waals surface area contributed by atoms with E-state index >= 15 is 0 Å². The van der Waals surface area contributed by atoms with E-state index < -0.39 is 7.82 Å². The highest BCUT2D eigenvalue weighted by atomic mass is 31.2. The van der Waals surface area contributed by atoms with Gasteiger partial charge in [-0.05, 0) is 20.8 Å². The third kappa shape index (κ3) is 9.15. The van der Waals surface area contributed by atoms with Gasteiger partial charge in [-0.2, -0.15) is 0 Å². The standard InChI is InChI=1S/C7H13NO3.C6H13O4P/c1-6(2)11-7(10)3-4-8-5-9;1-5-6(2,3)4-9-11(7,8)10-5/h5-6H,3-4H2,1-2H3,(H,8,9);5H,4H2,1-3H3,(H,7,8)/t;5-/m.0/s1. The first-order chi connectivity index (χ1) is 10.00. The van der Waals surface area contributed by atoms with Crippen molar-refractivity contribution < 1.29 is 32.8 Å². The van der Waals surface area contributed by atoms with Crippen LogP contribution in [-0.4, -0.2) is 42.6 Å². The van der Waals surface area contributed by atoms with E-state index in [4.69, 9.17) is 14.2 Å². The third-order valence-electron chi connectivity index (χ3n) is 2.92. The van der Waals surface area contributed by atoms with Gasteiger partial charge in [-0.1, -0.05) is 13.8 Å². The molecule has 22 heavy (non-hydrogen) atoms. The fourth-order valence-electron chi connectivity index (χ4n) is 1.29. The van der Waals surface area contributed by atoms with Crippen LogP contribution in [0, 0.1) is 5.41 Å². The molecule has 0 bridgehead atoms. The minimum Gasteiger partial charge on any atom is -0.463 e. The molecule has 0 aromatic rings. The van der Waals surface area contributed by atoms with Crippen molar-refractivity contribution >= 4 is 20.2 Å². The van der Waals surface area contributed by atoms with Crippen LogP contribution in [-0.2, 0) is 27.9 Å². The Morgan fingerprint density at radius 2 is 2.14 bits per heavy atom. The van der Waals surface area contributed by atoms with Gasteiger partial charge in [-0.25, -0.2) is 4.57 Å². The summed E-state index contributed by atoms with van der Waals surface area (Å²) < 4.78 is 25.1. The summed E-state index contributed by atoms with van der Waals surface area (Å²) in [5.74, 6) is -0.283. The highest BCUT2D eigenvalue weighted by Gasteiger charge is 2.40. The van der Waals surface area contributed by atoms with Crippen molar-refractivity contribution in [3.8, 4) is 0 Å². The molecule has 2 atom stereocenters. The SMILES string of the molecule is CC(C)OC(=O)CCNC=O.C[C@@H]1OP(=O)(O)OCC1(C)C. The monoisotopic (exact) mass is 339 g/mol. The lowest BCUT2D eigenvalue weighted by Crippen LogP contribution is -2.37. The maximum atomic E-state index is 10.8. The van der Waals surface area contributed by atoms with Crippen molar-refractivity contribution in [1.29, 1.82) is 0 Å². The molecular weight excluding hydrogens is 313 g/mol. The minimum atomic E-state index is -3.72. The highest BCUT2D eigenvalue weighted by Crippen LogP contribution is 2.52. The Kier molecular flexibility index (Phi) is 8.85. The van der Waals surface area contributed by atoms with Gasteiger partial charge >= 0.3 is 13.8 Å². The molecule has 2 N–H and O–H groups in total. The molecule has 1 rings (SSSR count). The molecule has 0 aromatic carbocycles. The van der Waals surface area contributed by atoms with Gasteiger partial charge in [-0.3, -0.25) is 18.6 Å². The maximum absolute atomic E-state index is 10.8. The zero-order valence-corrected chi connectivity index (χ0v) is 14.6. The van der Waals surface area contributed by atoms with Crippen LogP contribution in [0.2, 0.25) is 0 Å². The van der Waals surface area contributed by atoms with Gasteiger partial charge in [0.1, 0.15) is 0 Å². The van der Waals surface area contributed by atoms with Crippen LogP contribution in [0.4, 0.5) is 0 Å². The molecular formula is C13H26NO7P. The van der Waals surface area contributed by atoms with E-state index in [1.807, 2.05) is 13.8 Å². The Hall–Kier alpha value is -0.950. The van der Waals surface area contributed by atoms with E-state index in [9.17, 15) is 14.2 Å². The molecule has 0 aliphatic carbocycles. The first-order valence-electron chi connectivity index (χ1n) is 7.02. The number of ether oxygens (including phenoxy) is 1. The Morgan fingerprint density at radius 3 is 2.55 bits per heavy atom. The van der Waals surface area contributed by atoms with E-state index in [2.05, 4.69) is 9.84 Å². The predicted octanol–water partition coefficient (Wildman–Crippen LogP) is 1.62. The van der Waals surface area contributed by atoms with Gasteiger partial charge in [-0.15, -0.1) is 0 Å². The number of esters is 1. The Labute approximate surface area is 131 Å². The topological polar surface area (TPSA) is 111 Å². The molecule has 1 fully saturated rings. The first kappa shape index (κ1) is 21.0. The van der Waals surface area contributed by atoms with Crippen LogP contribution in [0.25, 0.3) is 0 Å². The second kappa shape index (κ2) is 9.25. The van der Waals surface area contributed by atoms with E-state index in [0.29, 0.717) is 13.0 Å². The first-order valence-corrected chi connectivity index (χ1v) is 8.52. The molecule has 0 saturated carbocycles. The summed E-state index contributed by atoms with van der Waals surface area (Å²) in [6, 6.07) is 0. The summed E-state index contributed by atoms with van der Waals surface area (Å²) >= 11 is 0. The second-order valence-corrected chi connectivity index (χ2v) is 7.24. The number of hydrogen-bond acceptors (Lipinski definition) is 6. The third-order valence-corrected chi connectivity index (χ3v) is 3.95. The summed E-state index contributed by atoms with van der Waals surface area (Å²) in [5, 5.41) is 2.37. The summed E-state index contributed by atoms with van der Waals surface area (Å²) in [6.45, 7) is 9.80. The second-order valence-electron chi connectivity index (χ2n) is 5.84. The summed E-state index contributed by atoms with van der Waals surface area (Å²) in [5.41, 5.74) is -0.184. The molecule has 1 heterocycles. The van der Waals surface area contributed by atoms with Crippen molar-refractivity contribution in [2.24, 2.45) is 5.41 Å². The number of carbonyl (C=O) groups excluding carboxylic acids is 2. The minimum absolute atomic E-state index is 0.0845. The molecule has 1 aliphatic rings. The molecule has 1 unspecified atom stereocenters. The number of carbonyl (C=O) groups is 2. The summed E-state index contributed by atoms with van der Waals surface area (Å²) in [7, 11) is -3.72. The Bertz CT molecular complexity index is 411. The van der Waals surface area contributed by atoms with Gasteiger partial charge in [0.05, 0.1) is 25.2 Å². The lowest BCUT2D eigenvalue weighted by molar-refractivity contribution is -0.147. The lowest BCUT2D eigenvalue weighted by Gasteiger charge is -2.37. The number of rotatable bonds is 5. The van der Waals surface area contributed by atoms with Gasteiger partial charge in [0, 0.05) is 12.0 Å². The zero-order valence-electron chi connectivity index (χ0n) is 13.7. The number of phosphoric ester groups is 1. The number of amides is 1. The summed E-state index contributed by atoms with van der Waals surface area (Å²) in [4.78, 5) is 29.4. The molecule has 0 spiro atoms. The van der Waals surface area contributed by atoms with Crippen molar-refractivity contribution in [1.82, 2.24) is 5.32 Å². The van der Waals surface area contributed by atoms with Crippen molar-refractivity contribution in [2.45, 2.75) is 53.2 Å². The average molecular weight is 339 g/mol. The molecule has 8 nitrogen and oxygen atoms in total. The van der Waals surface area contributed by atoms with Crippen LogP contribution >= 0.6 is 7.82 Å². The van der Waals surface area contributed by atoms with Crippen LogP contribution in [0.15, 0.2) is 0 Å². The zero-order chi connectivity index (χ0) is 17.4. The van der Waals surface area contributed by atoms with E-state index in [0.717, 1.165) is 0 Å². The van der Waals surface area contributed by atoms with Crippen molar-refractivity contribution in [3.05, 3.63) is 0 Å². The fourth-order valence-corrected chi connectivity index (χ4v) is 2.53. The van der Waals surface area contributed by atoms with Gasteiger partial charge in [0.25, 0.3) is 0 Å². The molecule has 9 heteroatoms.